The van der Waals surface area contributed by atoms with Crippen LogP contribution in [-0.4, -0.2) is 13.1 Å². The van der Waals surface area contributed by atoms with E-state index in [4.69, 9.17) is 4.74 Å². The quantitative estimate of drug-likeness (QED) is 0.544. The van der Waals surface area contributed by atoms with Gasteiger partial charge in [-0.1, -0.05) is 48.6 Å². The van der Waals surface area contributed by atoms with E-state index in [2.05, 4.69) is 19.1 Å². The lowest BCUT2D eigenvalue weighted by atomic mass is 9.66. The topological polar surface area (TPSA) is 26.3 Å². The first-order valence-corrected chi connectivity index (χ1v) is 8.82. The minimum absolute atomic E-state index is 0.184. The largest absolute Gasteiger partial charge is 0.465 e. The van der Waals surface area contributed by atoms with Gasteiger partial charge in [0, 0.05) is 10.8 Å². The second-order valence-corrected chi connectivity index (χ2v) is 7.76. The van der Waals surface area contributed by atoms with Gasteiger partial charge < -0.3 is 4.74 Å². The van der Waals surface area contributed by atoms with Crippen molar-refractivity contribution in [3.63, 3.8) is 0 Å². The zero-order chi connectivity index (χ0) is 15.4. The summed E-state index contributed by atoms with van der Waals surface area (Å²) >= 11 is 0. The van der Waals surface area contributed by atoms with Crippen LogP contribution in [0.5, 0.6) is 0 Å². The highest BCUT2D eigenvalue weighted by atomic mass is 16.5. The molecule has 0 saturated heterocycles. The van der Waals surface area contributed by atoms with E-state index in [0.717, 1.165) is 11.5 Å². The first-order valence-electron chi connectivity index (χ1n) is 8.82. The molecule has 4 aliphatic carbocycles. The maximum Gasteiger partial charge on any atom is 0.337 e. The van der Waals surface area contributed by atoms with E-state index in [1.54, 1.807) is 11.1 Å². The third-order valence-electron chi connectivity index (χ3n) is 6.66. The summed E-state index contributed by atoms with van der Waals surface area (Å²) in [7, 11) is 1.47. The van der Waals surface area contributed by atoms with Gasteiger partial charge in [0.2, 0.25) is 0 Å². The zero-order valence-corrected chi connectivity index (χ0v) is 13.8. The minimum atomic E-state index is -0.184. The molecule has 0 aromatic carbocycles. The van der Waals surface area contributed by atoms with Crippen molar-refractivity contribution in [2.75, 3.05) is 7.11 Å². The zero-order valence-electron chi connectivity index (χ0n) is 13.8. The number of allylic oxidation sites excluding steroid dienone is 4. The Morgan fingerprint density at radius 2 is 2.05 bits per heavy atom. The molecule has 2 saturated carbocycles. The van der Waals surface area contributed by atoms with Crippen molar-refractivity contribution in [1.82, 2.24) is 0 Å². The van der Waals surface area contributed by atoms with Gasteiger partial charge in [-0.3, -0.25) is 0 Å². The Morgan fingerprint density at radius 3 is 2.77 bits per heavy atom. The van der Waals surface area contributed by atoms with Crippen molar-refractivity contribution in [1.29, 1.82) is 0 Å². The molecule has 118 valence electrons. The number of methoxy groups -OCH3 is 1. The van der Waals surface area contributed by atoms with Gasteiger partial charge in [-0.05, 0) is 44.9 Å². The number of hydrogen-bond donors (Lipinski definition) is 0. The van der Waals surface area contributed by atoms with Gasteiger partial charge in [0.15, 0.2) is 0 Å². The number of rotatable bonds is 2. The van der Waals surface area contributed by atoms with Crippen molar-refractivity contribution in [2.45, 2.75) is 58.3 Å². The van der Waals surface area contributed by atoms with Crippen LogP contribution in [0.25, 0.3) is 0 Å². The van der Waals surface area contributed by atoms with Crippen LogP contribution in [0.15, 0.2) is 34.9 Å². The fourth-order valence-corrected chi connectivity index (χ4v) is 5.55. The molecule has 0 radical (unpaired) electrons. The summed E-state index contributed by atoms with van der Waals surface area (Å²) < 4.78 is 4.92. The molecule has 2 unspecified atom stereocenters. The smallest absolute Gasteiger partial charge is 0.337 e. The van der Waals surface area contributed by atoms with Crippen LogP contribution in [0.4, 0.5) is 0 Å². The van der Waals surface area contributed by atoms with Crippen molar-refractivity contribution >= 4 is 5.97 Å². The number of ether oxygens (including phenoxy) is 1. The lowest BCUT2D eigenvalue weighted by Gasteiger charge is -2.38. The van der Waals surface area contributed by atoms with Crippen LogP contribution in [0.1, 0.15) is 58.3 Å². The number of carbonyl (C=O) groups is 1. The highest BCUT2D eigenvalue weighted by Crippen LogP contribution is 2.77. The summed E-state index contributed by atoms with van der Waals surface area (Å²) in [6.07, 6.45) is 17.1. The molecule has 0 aromatic rings. The number of carbonyl (C=O) groups excluding carboxylic acids is 1. The van der Waals surface area contributed by atoms with Gasteiger partial charge in [-0.2, -0.15) is 0 Å². The fourth-order valence-electron chi connectivity index (χ4n) is 5.55. The number of esters is 1. The van der Waals surface area contributed by atoms with Crippen molar-refractivity contribution in [3.05, 3.63) is 34.9 Å². The van der Waals surface area contributed by atoms with Gasteiger partial charge in [0.25, 0.3) is 0 Å². The van der Waals surface area contributed by atoms with E-state index >= 15 is 0 Å². The molecule has 0 aromatic heterocycles. The molecule has 4 rings (SSSR count). The normalized spacial score (nSPS) is 37.3. The van der Waals surface area contributed by atoms with Gasteiger partial charge in [-0.15, -0.1) is 0 Å². The van der Waals surface area contributed by atoms with E-state index in [1.165, 1.54) is 58.5 Å². The second-order valence-electron chi connectivity index (χ2n) is 7.76. The molecule has 0 spiro atoms. The minimum Gasteiger partial charge on any atom is -0.465 e. The second kappa shape index (κ2) is 4.84. The predicted molar refractivity (Wildman–Crippen MR) is 87.2 cm³/mol. The lowest BCUT2D eigenvalue weighted by Crippen LogP contribution is -2.28. The SMILES string of the molecule is COC(=O)C1=CC23CCC(C)=C(C4CCCCC4)C2(C=C1)C3. The summed E-state index contributed by atoms with van der Waals surface area (Å²) in [5.41, 5.74) is 4.61. The Kier molecular flexibility index (Phi) is 3.15. The Balaban J connectivity index is 1.70. The Hall–Kier alpha value is -1.31. The van der Waals surface area contributed by atoms with E-state index in [0.29, 0.717) is 0 Å². The average molecular weight is 298 g/mol. The average Bonchev–Trinajstić information content (AvgIpc) is 3.23. The molecule has 2 nitrogen and oxygen atoms in total. The molecule has 0 aliphatic heterocycles. The lowest BCUT2D eigenvalue weighted by molar-refractivity contribution is -0.135. The molecule has 2 heteroatoms. The molecule has 0 bridgehead atoms. The molecule has 4 aliphatic rings. The van der Waals surface area contributed by atoms with E-state index in [-0.39, 0.29) is 16.8 Å². The van der Waals surface area contributed by atoms with Crippen LogP contribution in [0.3, 0.4) is 0 Å². The van der Waals surface area contributed by atoms with Gasteiger partial charge in [0.05, 0.1) is 12.7 Å². The highest BCUT2D eigenvalue weighted by Gasteiger charge is 2.69. The first-order chi connectivity index (χ1) is 10.6. The molecule has 2 fully saturated rings. The third kappa shape index (κ3) is 1.82. The molecular formula is C20H26O2. The molecule has 0 heterocycles. The van der Waals surface area contributed by atoms with Crippen molar-refractivity contribution < 1.29 is 9.53 Å². The molecule has 22 heavy (non-hydrogen) atoms. The first kappa shape index (κ1) is 14.3. The fraction of sp³-hybridized carbons (Fsp3) is 0.650. The maximum atomic E-state index is 11.9. The summed E-state index contributed by atoms with van der Waals surface area (Å²) in [5.74, 6) is 0.602. The van der Waals surface area contributed by atoms with Crippen LogP contribution in [-0.2, 0) is 9.53 Å². The van der Waals surface area contributed by atoms with Crippen LogP contribution in [0.2, 0.25) is 0 Å². The van der Waals surface area contributed by atoms with E-state index in [9.17, 15) is 4.79 Å². The summed E-state index contributed by atoms with van der Waals surface area (Å²) in [4.78, 5) is 11.9. The molecule has 2 atom stereocenters. The van der Waals surface area contributed by atoms with E-state index < -0.39 is 0 Å². The Labute approximate surface area is 133 Å². The Bertz CT molecular complexity index is 603. The summed E-state index contributed by atoms with van der Waals surface area (Å²) in [5, 5.41) is 0. The molecule has 0 amide bonds. The molecule has 0 N–H and O–H groups in total. The van der Waals surface area contributed by atoms with Gasteiger partial charge in [-0.25, -0.2) is 4.79 Å². The highest BCUT2D eigenvalue weighted by molar-refractivity contribution is 5.92. The summed E-state index contributed by atoms with van der Waals surface area (Å²) in [6, 6.07) is 0. The van der Waals surface area contributed by atoms with Gasteiger partial charge in [0.1, 0.15) is 0 Å². The van der Waals surface area contributed by atoms with Crippen molar-refractivity contribution in [3.8, 4) is 0 Å². The predicted octanol–water partition coefficient (Wildman–Crippen LogP) is 4.72. The van der Waals surface area contributed by atoms with Crippen LogP contribution in [0, 0.1) is 16.7 Å². The van der Waals surface area contributed by atoms with Crippen molar-refractivity contribution in [2.24, 2.45) is 16.7 Å². The van der Waals surface area contributed by atoms with Crippen LogP contribution >= 0.6 is 0 Å². The molecular weight excluding hydrogens is 272 g/mol. The van der Waals surface area contributed by atoms with Gasteiger partial charge >= 0.3 is 5.97 Å². The van der Waals surface area contributed by atoms with E-state index in [1.807, 2.05) is 6.08 Å². The monoisotopic (exact) mass is 298 g/mol. The Morgan fingerprint density at radius 1 is 1.27 bits per heavy atom. The standard InChI is InChI=1S/C20H26O2/c1-14-8-10-19-12-16(18(21)22-2)9-11-20(19,13-19)17(14)15-6-4-3-5-7-15/h9,11-12,15H,3-8,10,13H2,1-2H3. The third-order valence-corrected chi connectivity index (χ3v) is 6.66. The number of hydrogen-bond acceptors (Lipinski definition) is 2. The maximum absolute atomic E-state index is 11.9. The summed E-state index contributed by atoms with van der Waals surface area (Å²) in [6.45, 7) is 2.36. The van der Waals surface area contributed by atoms with Crippen LogP contribution < -0.4 is 0 Å².